The van der Waals surface area contributed by atoms with Crippen LogP contribution in [0, 0.1) is 28.1 Å². The zero-order chi connectivity index (χ0) is 27.0. The maximum absolute atomic E-state index is 12.9. The number of hydrogen-bond donors (Lipinski definition) is 3. The molecule has 0 aromatic rings. The first-order valence-corrected chi connectivity index (χ1v) is 12.4. The predicted octanol–water partition coefficient (Wildman–Crippen LogP) is 2.83. The summed E-state index contributed by atoms with van der Waals surface area (Å²) in [5.74, 6) is -2.87. The number of carbonyl (C=O) groups is 2. The summed E-state index contributed by atoms with van der Waals surface area (Å²) >= 11 is 0. The smallest absolute Gasteiger partial charge is 0.401 e. The Morgan fingerprint density at radius 2 is 1.74 bits per heavy atom. The number of ether oxygens (including phenoxy) is 1. The van der Waals surface area contributed by atoms with E-state index < -0.39 is 62.8 Å². The summed E-state index contributed by atoms with van der Waals surface area (Å²) in [5, 5.41) is 14.2. The SMILES string of the molecule is CCC(C)(C#N)CC(C)(CC(C)C(=O)NC(C)(C)CS(=O)(=O)O)C(=O)OCCNCC(F)(F)F. The van der Waals surface area contributed by atoms with Crippen LogP contribution >= 0.6 is 0 Å². The van der Waals surface area contributed by atoms with Gasteiger partial charge in [0.2, 0.25) is 5.91 Å². The Morgan fingerprint density at radius 3 is 2.18 bits per heavy atom. The van der Waals surface area contributed by atoms with E-state index in [1.54, 1.807) is 13.8 Å². The lowest BCUT2D eigenvalue weighted by molar-refractivity contribution is -0.158. The van der Waals surface area contributed by atoms with Crippen LogP contribution in [0.15, 0.2) is 0 Å². The number of amides is 1. The molecule has 1 amide bonds. The van der Waals surface area contributed by atoms with Crippen LogP contribution in [-0.4, -0.2) is 62.0 Å². The monoisotopic (exact) mass is 515 g/mol. The molecule has 3 unspecified atom stereocenters. The van der Waals surface area contributed by atoms with E-state index in [0.29, 0.717) is 6.42 Å². The second-order valence-corrected chi connectivity index (χ2v) is 11.3. The number of alkyl halides is 3. The van der Waals surface area contributed by atoms with Crippen LogP contribution < -0.4 is 10.6 Å². The van der Waals surface area contributed by atoms with Gasteiger partial charge in [-0.3, -0.25) is 14.1 Å². The predicted molar refractivity (Wildman–Crippen MR) is 119 cm³/mol. The molecule has 0 bridgehead atoms. The standard InChI is InChI=1S/C21H36F3N3O6S/c1-7-19(5,12-25)11-20(6,17(29)33-9-8-26-13-21(22,23)24)10-15(2)16(28)27-18(3,4)14-34(30,31)32/h15,26H,7-11,13-14H2,1-6H3,(H,27,28)(H,30,31,32). The molecule has 0 saturated carbocycles. The summed E-state index contributed by atoms with van der Waals surface area (Å²) < 4.78 is 73.3. The van der Waals surface area contributed by atoms with E-state index in [9.17, 15) is 36.4 Å². The summed E-state index contributed by atoms with van der Waals surface area (Å²) in [6.07, 6.45) is -4.03. The van der Waals surface area contributed by atoms with Gasteiger partial charge in [0.1, 0.15) is 6.61 Å². The van der Waals surface area contributed by atoms with Gasteiger partial charge in [-0.15, -0.1) is 0 Å². The van der Waals surface area contributed by atoms with Crippen molar-refractivity contribution in [2.45, 2.75) is 72.5 Å². The van der Waals surface area contributed by atoms with Gasteiger partial charge in [-0.25, -0.2) is 0 Å². The second kappa shape index (κ2) is 12.2. The van der Waals surface area contributed by atoms with Crippen LogP contribution in [0.2, 0.25) is 0 Å². The third-order valence-corrected chi connectivity index (χ3v) is 6.46. The first-order chi connectivity index (χ1) is 15.2. The fourth-order valence-electron chi connectivity index (χ4n) is 3.67. The van der Waals surface area contributed by atoms with Crippen LogP contribution in [0.25, 0.3) is 0 Å². The molecule has 0 aromatic heterocycles. The van der Waals surface area contributed by atoms with Crippen molar-refractivity contribution in [3.63, 3.8) is 0 Å². The number of nitrogens with zero attached hydrogens (tertiary/aromatic N) is 1. The molecule has 0 saturated heterocycles. The summed E-state index contributed by atoms with van der Waals surface area (Å²) in [4.78, 5) is 25.7. The Balaban J connectivity index is 5.46. The quantitative estimate of drug-likeness (QED) is 0.182. The van der Waals surface area contributed by atoms with Crippen molar-refractivity contribution < 1.29 is 40.5 Å². The second-order valence-electron chi connectivity index (χ2n) is 9.90. The highest BCUT2D eigenvalue weighted by Crippen LogP contribution is 2.41. The van der Waals surface area contributed by atoms with E-state index in [1.165, 1.54) is 27.7 Å². The molecule has 0 radical (unpaired) electrons. The Labute approximate surface area is 199 Å². The highest BCUT2D eigenvalue weighted by Gasteiger charge is 2.44. The number of nitriles is 1. The zero-order valence-corrected chi connectivity index (χ0v) is 21.3. The lowest BCUT2D eigenvalue weighted by atomic mass is 9.68. The lowest BCUT2D eigenvalue weighted by Gasteiger charge is -2.36. The maximum atomic E-state index is 12.9. The van der Waals surface area contributed by atoms with Crippen molar-refractivity contribution in [2.75, 3.05) is 25.4 Å². The maximum Gasteiger partial charge on any atom is 0.401 e. The van der Waals surface area contributed by atoms with Crippen LogP contribution in [0.1, 0.15) is 60.8 Å². The molecule has 0 aliphatic carbocycles. The van der Waals surface area contributed by atoms with Crippen LogP contribution in [0.3, 0.4) is 0 Å². The molecule has 0 rings (SSSR count). The molecule has 34 heavy (non-hydrogen) atoms. The molecule has 9 nitrogen and oxygen atoms in total. The fraction of sp³-hybridized carbons (Fsp3) is 0.857. The van der Waals surface area contributed by atoms with E-state index in [0.717, 1.165) is 0 Å². The van der Waals surface area contributed by atoms with Crippen molar-refractivity contribution >= 4 is 22.0 Å². The average molecular weight is 516 g/mol. The topological polar surface area (TPSA) is 146 Å². The highest BCUT2D eigenvalue weighted by molar-refractivity contribution is 7.85. The Morgan fingerprint density at radius 1 is 1.18 bits per heavy atom. The van der Waals surface area contributed by atoms with Crippen LogP contribution in [-0.2, 0) is 24.4 Å². The van der Waals surface area contributed by atoms with Gasteiger partial charge in [-0.2, -0.15) is 26.9 Å². The minimum Gasteiger partial charge on any atom is -0.464 e. The van der Waals surface area contributed by atoms with Crippen molar-refractivity contribution in [1.82, 2.24) is 10.6 Å². The summed E-state index contributed by atoms with van der Waals surface area (Å²) in [6, 6.07) is 2.16. The van der Waals surface area contributed by atoms with Gasteiger partial charge in [0.25, 0.3) is 10.1 Å². The van der Waals surface area contributed by atoms with Crippen LogP contribution in [0.4, 0.5) is 13.2 Å². The number of nitrogens with one attached hydrogen (secondary N) is 2. The van der Waals surface area contributed by atoms with Gasteiger partial charge in [0.15, 0.2) is 0 Å². The van der Waals surface area contributed by atoms with E-state index in [-0.39, 0.29) is 26.0 Å². The Kier molecular flexibility index (Phi) is 11.5. The summed E-state index contributed by atoms with van der Waals surface area (Å²) in [6.45, 7) is 7.50. The van der Waals surface area contributed by atoms with Gasteiger partial charge in [-0.1, -0.05) is 13.8 Å². The first-order valence-electron chi connectivity index (χ1n) is 10.8. The van der Waals surface area contributed by atoms with Crippen molar-refractivity contribution in [3.8, 4) is 6.07 Å². The third-order valence-electron chi connectivity index (χ3n) is 5.37. The number of rotatable bonds is 14. The van der Waals surface area contributed by atoms with E-state index >= 15 is 0 Å². The fourth-order valence-corrected chi connectivity index (χ4v) is 4.65. The number of hydrogen-bond acceptors (Lipinski definition) is 7. The van der Waals surface area contributed by atoms with Crippen LogP contribution in [0.5, 0.6) is 0 Å². The molecule has 3 atom stereocenters. The summed E-state index contributed by atoms with van der Waals surface area (Å²) in [7, 11) is -4.36. The van der Waals surface area contributed by atoms with E-state index in [4.69, 9.17) is 9.29 Å². The molecule has 3 N–H and O–H groups in total. The first kappa shape index (κ1) is 32.1. The zero-order valence-electron chi connectivity index (χ0n) is 20.5. The van der Waals surface area contributed by atoms with Gasteiger partial charge in [0.05, 0.1) is 34.7 Å². The van der Waals surface area contributed by atoms with Gasteiger partial charge >= 0.3 is 12.1 Å². The van der Waals surface area contributed by atoms with Gasteiger partial charge in [-0.05, 0) is 47.0 Å². The largest absolute Gasteiger partial charge is 0.464 e. The molecular formula is C21H36F3N3O6S. The average Bonchev–Trinajstić information content (AvgIpc) is 2.63. The molecule has 13 heteroatoms. The Hall–Kier alpha value is -1.91. The number of carbonyl (C=O) groups excluding carboxylic acids is 2. The summed E-state index contributed by atoms with van der Waals surface area (Å²) in [5.41, 5.74) is -3.54. The molecule has 0 fully saturated rings. The molecule has 0 heterocycles. The molecule has 0 spiro atoms. The van der Waals surface area contributed by atoms with Gasteiger partial charge in [0, 0.05) is 12.5 Å². The van der Waals surface area contributed by atoms with Crippen molar-refractivity contribution in [1.29, 1.82) is 5.26 Å². The minimum atomic E-state index is -4.40. The molecule has 0 aromatic carbocycles. The number of esters is 1. The van der Waals surface area contributed by atoms with Crippen molar-refractivity contribution in [2.24, 2.45) is 16.7 Å². The Bertz CT molecular complexity index is 857. The highest BCUT2D eigenvalue weighted by atomic mass is 32.2. The van der Waals surface area contributed by atoms with Crippen molar-refractivity contribution in [3.05, 3.63) is 0 Å². The third kappa shape index (κ3) is 12.5. The lowest BCUT2D eigenvalue weighted by Crippen LogP contribution is -2.51. The molecular weight excluding hydrogens is 479 g/mol. The molecule has 198 valence electrons. The van der Waals surface area contributed by atoms with E-state index in [1.807, 2.05) is 0 Å². The van der Waals surface area contributed by atoms with Gasteiger partial charge < -0.3 is 15.4 Å². The minimum absolute atomic E-state index is 0.0356. The van der Waals surface area contributed by atoms with E-state index in [2.05, 4.69) is 16.7 Å². The number of halogens is 3. The molecule has 0 aliphatic rings. The normalized spacial score (nSPS) is 17.1. The molecule has 0 aliphatic heterocycles.